The average molecular weight is 253 g/mol. The highest BCUT2D eigenvalue weighted by Gasteiger charge is 2.29. The molecule has 0 aliphatic carbocycles. The highest BCUT2D eigenvalue weighted by Crippen LogP contribution is 2.29. The van der Waals surface area contributed by atoms with Gasteiger partial charge in [0.25, 0.3) is 0 Å². The largest absolute Gasteiger partial charge is 0.507 e. The zero-order valence-corrected chi connectivity index (χ0v) is 8.77. The standard InChI is InChI=1S/C10H8ClF3O2/c11-6-2-1-3-7(15)9(6)8(16)4-5-10(12,13)14/h1-3,15H,4-5H2. The summed E-state index contributed by atoms with van der Waals surface area (Å²) in [5.41, 5.74) is -0.256. The van der Waals surface area contributed by atoms with E-state index in [1.165, 1.54) is 18.2 Å². The molecule has 0 amide bonds. The van der Waals surface area contributed by atoms with E-state index >= 15 is 0 Å². The van der Waals surface area contributed by atoms with Gasteiger partial charge >= 0.3 is 6.18 Å². The van der Waals surface area contributed by atoms with Crippen molar-refractivity contribution in [3.8, 4) is 5.75 Å². The minimum Gasteiger partial charge on any atom is -0.507 e. The lowest BCUT2D eigenvalue weighted by atomic mass is 10.1. The van der Waals surface area contributed by atoms with Crippen molar-refractivity contribution in [2.45, 2.75) is 19.0 Å². The highest BCUT2D eigenvalue weighted by molar-refractivity contribution is 6.34. The van der Waals surface area contributed by atoms with Crippen LogP contribution >= 0.6 is 11.6 Å². The van der Waals surface area contributed by atoms with Gasteiger partial charge in [0.1, 0.15) is 5.75 Å². The fourth-order valence-corrected chi connectivity index (χ4v) is 1.44. The van der Waals surface area contributed by atoms with Gasteiger partial charge in [-0.1, -0.05) is 17.7 Å². The second-order valence-electron chi connectivity index (χ2n) is 3.17. The average Bonchev–Trinajstić information content (AvgIpc) is 2.13. The first-order chi connectivity index (χ1) is 7.31. The van der Waals surface area contributed by atoms with Crippen LogP contribution in [0.4, 0.5) is 13.2 Å². The van der Waals surface area contributed by atoms with E-state index in [0.717, 1.165) is 0 Å². The van der Waals surface area contributed by atoms with Gasteiger partial charge in [0, 0.05) is 6.42 Å². The number of benzene rings is 1. The molecule has 0 fully saturated rings. The molecule has 16 heavy (non-hydrogen) atoms. The SMILES string of the molecule is O=C(CCC(F)(F)F)c1c(O)cccc1Cl. The monoisotopic (exact) mass is 252 g/mol. The first kappa shape index (κ1) is 12.8. The van der Waals surface area contributed by atoms with E-state index in [9.17, 15) is 23.1 Å². The number of aromatic hydroxyl groups is 1. The Balaban J connectivity index is 2.81. The zero-order chi connectivity index (χ0) is 12.3. The molecule has 1 aromatic rings. The minimum atomic E-state index is -4.40. The molecule has 0 aromatic heterocycles. The summed E-state index contributed by atoms with van der Waals surface area (Å²) in [5.74, 6) is -1.22. The smallest absolute Gasteiger partial charge is 0.389 e. The van der Waals surface area contributed by atoms with E-state index in [4.69, 9.17) is 11.6 Å². The molecule has 0 bridgehead atoms. The number of phenols is 1. The summed E-state index contributed by atoms with van der Waals surface area (Å²) in [6.45, 7) is 0. The van der Waals surface area contributed by atoms with Gasteiger partial charge in [0.05, 0.1) is 17.0 Å². The van der Waals surface area contributed by atoms with Crippen LogP contribution in [0.15, 0.2) is 18.2 Å². The Bertz CT molecular complexity index is 381. The van der Waals surface area contributed by atoms with Crippen molar-refractivity contribution in [1.29, 1.82) is 0 Å². The predicted molar refractivity (Wildman–Crippen MR) is 52.7 cm³/mol. The maximum atomic E-state index is 11.9. The van der Waals surface area contributed by atoms with Crippen LogP contribution in [-0.2, 0) is 0 Å². The summed E-state index contributed by atoms with van der Waals surface area (Å²) in [4.78, 5) is 11.4. The molecule has 0 saturated carbocycles. The third kappa shape index (κ3) is 3.41. The number of phenolic OH excluding ortho intramolecular Hbond substituents is 1. The lowest BCUT2D eigenvalue weighted by Crippen LogP contribution is -2.11. The summed E-state index contributed by atoms with van der Waals surface area (Å²) >= 11 is 5.61. The van der Waals surface area contributed by atoms with E-state index < -0.39 is 30.6 Å². The van der Waals surface area contributed by atoms with Gasteiger partial charge in [0.2, 0.25) is 0 Å². The Kier molecular flexibility index (Phi) is 3.80. The molecular formula is C10H8ClF3O2. The number of rotatable bonds is 3. The normalized spacial score (nSPS) is 11.5. The Morgan fingerprint density at radius 2 is 2.00 bits per heavy atom. The van der Waals surface area contributed by atoms with Gasteiger partial charge < -0.3 is 5.11 Å². The molecule has 0 saturated heterocycles. The molecule has 0 radical (unpaired) electrons. The Hall–Kier alpha value is -1.23. The van der Waals surface area contributed by atoms with E-state index in [0.29, 0.717) is 0 Å². The quantitative estimate of drug-likeness (QED) is 0.835. The Labute approximate surface area is 94.6 Å². The second kappa shape index (κ2) is 4.74. The molecule has 0 spiro atoms. The molecular weight excluding hydrogens is 245 g/mol. The van der Waals surface area contributed by atoms with Gasteiger partial charge in [-0.05, 0) is 12.1 Å². The Morgan fingerprint density at radius 1 is 1.38 bits per heavy atom. The van der Waals surface area contributed by atoms with Crippen molar-refractivity contribution in [1.82, 2.24) is 0 Å². The predicted octanol–water partition coefficient (Wildman–Crippen LogP) is 3.57. The summed E-state index contributed by atoms with van der Waals surface area (Å²) in [5, 5.41) is 9.26. The molecule has 1 rings (SSSR count). The highest BCUT2D eigenvalue weighted by atomic mass is 35.5. The van der Waals surface area contributed by atoms with Crippen LogP contribution in [0, 0.1) is 0 Å². The summed E-state index contributed by atoms with van der Waals surface area (Å²) < 4.78 is 35.7. The molecule has 1 aromatic carbocycles. The molecule has 88 valence electrons. The first-order valence-corrected chi connectivity index (χ1v) is 4.76. The summed E-state index contributed by atoms with van der Waals surface area (Å²) in [7, 11) is 0. The molecule has 0 heterocycles. The fraction of sp³-hybridized carbons (Fsp3) is 0.300. The zero-order valence-electron chi connectivity index (χ0n) is 8.01. The van der Waals surface area contributed by atoms with Crippen molar-refractivity contribution in [2.75, 3.05) is 0 Å². The van der Waals surface area contributed by atoms with Crippen LogP contribution in [0.1, 0.15) is 23.2 Å². The summed E-state index contributed by atoms with van der Waals surface area (Å²) in [6, 6.07) is 3.94. The van der Waals surface area contributed by atoms with E-state index in [2.05, 4.69) is 0 Å². The van der Waals surface area contributed by atoms with Gasteiger partial charge in [-0.3, -0.25) is 4.79 Å². The fourth-order valence-electron chi connectivity index (χ4n) is 1.17. The summed E-state index contributed by atoms with van der Waals surface area (Å²) in [6.07, 6.45) is -6.34. The van der Waals surface area contributed by atoms with Crippen molar-refractivity contribution >= 4 is 17.4 Å². The van der Waals surface area contributed by atoms with Gasteiger partial charge in [-0.15, -0.1) is 0 Å². The number of halogens is 4. The van der Waals surface area contributed by atoms with E-state index in [-0.39, 0.29) is 10.6 Å². The molecule has 6 heteroatoms. The molecule has 0 unspecified atom stereocenters. The van der Waals surface area contributed by atoms with Crippen LogP contribution in [0.25, 0.3) is 0 Å². The number of carbonyl (C=O) groups excluding carboxylic acids is 1. The number of hydrogen-bond acceptors (Lipinski definition) is 2. The van der Waals surface area contributed by atoms with Crippen LogP contribution in [0.2, 0.25) is 5.02 Å². The lowest BCUT2D eigenvalue weighted by Gasteiger charge is -2.07. The van der Waals surface area contributed by atoms with Gasteiger partial charge in [-0.25, -0.2) is 0 Å². The number of hydrogen-bond donors (Lipinski definition) is 1. The maximum absolute atomic E-state index is 11.9. The number of alkyl halides is 3. The topological polar surface area (TPSA) is 37.3 Å². The van der Waals surface area contributed by atoms with Crippen LogP contribution in [-0.4, -0.2) is 17.1 Å². The van der Waals surface area contributed by atoms with E-state index in [1.807, 2.05) is 0 Å². The van der Waals surface area contributed by atoms with Crippen LogP contribution in [0.3, 0.4) is 0 Å². The Morgan fingerprint density at radius 3 is 2.50 bits per heavy atom. The number of Topliss-reactive ketones (excluding diaryl/α,β-unsaturated/α-hetero) is 1. The van der Waals surface area contributed by atoms with Gasteiger partial charge in [-0.2, -0.15) is 13.2 Å². The second-order valence-corrected chi connectivity index (χ2v) is 3.58. The lowest BCUT2D eigenvalue weighted by molar-refractivity contribution is -0.133. The molecule has 2 nitrogen and oxygen atoms in total. The molecule has 1 N–H and O–H groups in total. The molecule has 0 aliphatic heterocycles. The van der Waals surface area contributed by atoms with Crippen molar-refractivity contribution in [3.05, 3.63) is 28.8 Å². The van der Waals surface area contributed by atoms with Crippen molar-refractivity contribution in [3.63, 3.8) is 0 Å². The first-order valence-electron chi connectivity index (χ1n) is 4.38. The number of ketones is 1. The molecule has 0 atom stereocenters. The molecule has 0 aliphatic rings. The third-order valence-corrected chi connectivity index (χ3v) is 2.22. The number of carbonyl (C=O) groups is 1. The van der Waals surface area contributed by atoms with Crippen LogP contribution < -0.4 is 0 Å². The maximum Gasteiger partial charge on any atom is 0.389 e. The van der Waals surface area contributed by atoms with E-state index in [1.54, 1.807) is 0 Å². The van der Waals surface area contributed by atoms with Crippen molar-refractivity contribution < 1.29 is 23.1 Å². The third-order valence-electron chi connectivity index (χ3n) is 1.91. The van der Waals surface area contributed by atoms with Gasteiger partial charge in [0.15, 0.2) is 5.78 Å². The van der Waals surface area contributed by atoms with Crippen molar-refractivity contribution in [2.24, 2.45) is 0 Å². The van der Waals surface area contributed by atoms with Crippen LogP contribution in [0.5, 0.6) is 5.75 Å². The minimum absolute atomic E-state index is 0.0489.